The van der Waals surface area contributed by atoms with E-state index in [0.29, 0.717) is 34.0 Å². The minimum absolute atomic E-state index is 0. The topological polar surface area (TPSA) is 66.4 Å². The molecule has 0 aliphatic heterocycles. The Hall–Kier alpha value is 0.870. The predicted octanol–water partition coefficient (Wildman–Crippen LogP) is 4.74. The molecule has 9 atom stereocenters. The molecular formula is C30H51NaO4S. The van der Waals surface area contributed by atoms with Gasteiger partial charge in [0.1, 0.15) is 0 Å². The zero-order chi connectivity index (χ0) is 25.7. The second-order valence-corrected chi connectivity index (χ2v) is 16.3. The first-order chi connectivity index (χ1) is 16.1. The van der Waals surface area contributed by atoms with E-state index in [1.807, 2.05) is 0 Å². The van der Waals surface area contributed by atoms with Gasteiger partial charge in [0.05, 0.1) is 6.10 Å². The molecule has 5 fully saturated rings. The zero-order valence-corrected chi connectivity index (χ0v) is 27.3. The van der Waals surface area contributed by atoms with Crippen molar-refractivity contribution in [1.82, 2.24) is 0 Å². The average molecular weight is 531 g/mol. The molecule has 5 aliphatic carbocycles. The van der Waals surface area contributed by atoms with Crippen molar-refractivity contribution >= 4 is 10.4 Å². The molecule has 0 aromatic carbocycles. The van der Waals surface area contributed by atoms with Gasteiger partial charge in [0.15, 0.2) is 0 Å². The number of hydrogen-bond acceptors (Lipinski definition) is 4. The maximum Gasteiger partial charge on any atom is 1.00 e. The average Bonchev–Trinajstić information content (AvgIpc) is 3.31. The number of hydrogen-bond donors (Lipinski definition) is 0. The van der Waals surface area contributed by atoms with Crippen LogP contribution in [-0.4, -0.2) is 19.1 Å². The van der Waals surface area contributed by atoms with Gasteiger partial charge in [-0.2, -0.15) is 0 Å². The van der Waals surface area contributed by atoms with E-state index in [-0.39, 0.29) is 35.0 Å². The molecule has 5 aliphatic rings. The van der Waals surface area contributed by atoms with Crippen molar-refractivity contribution in [2.24, 2.45) is 56.7 Å². The summed E-state index contributed by atoms with van der Waals surface area (Å²) in [6.07, 6.45) is 14.7. The Balaban J connectivity index is 0.00000304. The van der Waals surface area contributed by atoms with E-state index >= 15 is 0 Å². The Morgan fingerprint density at radius 3 is 2.11 bits per heavy atom. The summed E-state index contributed by atoms with van der Waals surface area (Å²) in [4.78, 5) is 0. The second kappa shape index (κ2) is 9.47. The molecule has 8 unspecified atom stereocenters. The third-order valence-corrected chi connectivity index (χ3v) is 13.9. The summed E-state index contributed by atoms with van der Waals surface area (Å²) in [5.74, 6) is 3.74. The Morgan fingerprint density at radius 2 is 1.47 bits per heavy atom. The summed E-state index contributed by atoms with van der Waals surface area (Å²) in [5, 5.41) is 0. The molecule has 0 heterocycles. The van der Waals surface area contributed by atoms with Crippen LogP contribution in [0.25, 0.3) is 0 Å². The van der Waals surface area contributed by atoms with Crippen molar-refractivity contribution in [1.29, 1.82) is 0 Å². The molecule has 4 nitrogen and oxygen atoms in total. The van der Waals surface area contributed by atoms with E-state index in [1.54, 1.807) is 0 Å². The monoisotopic (exact) mass is 530 g/mol. The summed E-state index contributed by atoms with van der Waals surface area (Å²) < 4.78 is 39.6. The van der Waals surface area contributed by atoms with E-state index in [2.05, 4.69) is 48.5 Å². The molecule has 6 heteroatoms. The van der Waals surface area contributed by atoms with Crippen LogP contribution >= 0.6 is 0 Å². The van der Waals surface area contributed by atoms with Crippen molar-refractivity contribution in [2.75, 3.05) is 0 Å². The standard InChI is InChI=1S/C30H52O4S.Na/c1-20(2)9-8-10-21(3)22-13-15-28(7)24-12-11-23-26(4,5)25(34-35(31,32)33)14-16-29(23)19-30(24,29)18-17-27(22,28)6;/h20-25H,8-19H2,1-7H3,(H,31,32,33);/q;+1/p-1/t21?,22?,23?,24?,25?,27?,28-,29?,30?;/m0./s1. The van der Waals surface area contributed by atoms with Gasteiger partial charge < -0.3 is 4.55 Å². The van der Waals surface area contributed by atoms with Crippen LogP contribution in [0, 0.1) is 56.7 Å². The third-order valence-electron chi connectivity index (χ3n) is 13.5. The van der Waals surface area contributed by atoms with Crippen molar-refractivity contribution in [3.63, 3.8) is 0 Å². The maximum absolute atomic E-state index is 11.5. The van der Waals surface area contributed by atoms with Crippen LogP contribution < -0.4 is 29.6 Å². The van der Waals surface area contributed by atoms with Gasteiger partial charge in [0.2, 0.25) is 10.4 Å². The molecule has 5 rings (SSSR count). The second-order valence-electron chi connectivity index (χ2n) is 15.3. The Morgan fingerprint density at radius 1 is 0.833 bits per heavy atom. The Bertz CT molecular complexity index is 949. The Labute approximate surface area is 244 Å². The molecule has 202 valence electrons. The summed E-state index contributed by atoms with van der Waals surface area (Å²) in [6.45, 7) is 17.0. The maximum atomic E-state index is 11.5. The van der Waals surface area contributed by atoms with Crippen LogP contribution in [0.15, 0.2) is 0 Å². The van der Waals surface area contributed by atoms with Crippen molar-refractivity contribution in [2.45, 2.75) is 132 Å². The normalized spacial score (nSPS) is 47.7. The quantitative estimate of drug-likeness (QED) is 0.271. The molecule has 0 N–H and O–H groups in total. The predicted molar refractivity (Wildman–Crippen MR) is 139 cm³/mol. The van der Waals surface area contributed by atoms with Gasteiger partial charge in [-0.05, 0) is 114 Å². The van der Waals surface area contributed by atoms with E-state index in [0.717, 1.165) is 30.1 Å². The van der Waals surface area contributed by atoms with Gasteiger partial charge >= 0.3 is 29.6 Å². The summed E-state index contributed by atoms with van der Waals surface area (Å²) in [7, 11) is -4.67. The van der Waals surface area contributed by atoms with Crippen LogP contribution in [0.5, 0.6) is 0 Å². The van der Waals surface area contributed by atoms with Crippen LogP contribution in [0.3, 0.4) is 0 Å². The largest absolute Gasteiger partial charge is 1.00 e. The first-order valence-corrected chi connectivity index (χ1v) is 16.1. The summed E-state index contributed by atoms with van der Waals surface area (Å²) >= 11 is 0. The van der Waals surface area contributed by atoms with Gasteiger partial charge in [0, 0.05) is 0 Å². The van der Waals surface area contributed by atoms with E-state index in [9.17, 15) is 13.0 Å². The van der Waals surface area contributed by atoms with Crippen molar-refractivity contribution < 1.29 is 46.7 Å². The van der Waals surface area contributed by atoms with Crippen LogP contribution in [-0.2, 0) is 14.6 Å². The van der Waals surface area contributed by atoms with Gasteiger partial charge in [-0.15, -0.1) is 0 Å². The van der Waals surface area contributed by atoms with Gasteiger partial charge in [-0.25, -0.2) is 8.42 Å². The van der Waals surface area contributed by atoms with Gasteiger partial charge in [-0.1, -0.05) is 67.7 Å². The number of fused-ring (bicyclic) bond motifs is 2. The Kier molecular flexibility index (Phi) is 7.85. The van der Waals surface area contributed by atoms with Crippen LogP contribution in [0.1, 0.15) is 126 Å². The van der Waals surface area contributed by atoms with E-state index in [4.69, 9.17) is 4.18 Å². The van der Waals surface area contributed by atoms with Crippen LogP contribution in [0.2, 0.25) is 0 Å². The first-order valence-electron chi connectivity index (χ1n) is 14.8. The molecule has 0 aromatic rings. The number of rotatable bonds is 7. The third kappa shape index (κ3) is 4.18. The van der Waals surface area contributed by atoms with Crippen molar-refractivity contribution in [3.8, 4) is 0 Å². The summed E-state index contributed by atoms with van der Waals surface area (Å²) in [6, 6.07) is 0. The molecule has 5 saturated carbocycles. The molecule has 36 heavy (non-hydrogen) atoms. The van der Waals surface area contributed by atoms with Gasteiger partial charge in [-0.3, -0.25) is 4.18 Å². The molecule has 0 radical (unpaired) electrons. The molecule has 2 spiro atoms. The summed E-state index contributed by atoms with van der Waals surface area (Å²) in [5.41, 5.74) is 1.39. The first kappa shape index (κ1) is 29.8. The molecule has 0 saturated heterocycles. The minimum atomic E-state index is -4.67. The smallest absolute Gasteiger partial charge is 0.726 e. The fourth-order valence-electron chi connectivity index (χ4n) is 11.7. The minimum Gasteiger partial charge on any atom is -0.726 e. The molecule has 0 bridgehead atoms. The van der Waals surface area contributed by atoms with Crippen molar-refractivity contribution in [3.05, 3.63) is 0 Å². The molecule has 0 amide bonds. The SMILES string of the molecule is CC(C)CCCC(C)C1CC[C@@]2(C)C3CCC4C(C)(C)C(OS(=O)(=O)[O-])CCC45CC35CCC12C.[Na+]. The zero-order valence-electron chi connectivity index (χ0n) is 24.5. The fourth-order valence-corrected chi connectivity index (χ4v) is 12.3. The van der Waals surface area contributed by atoms with Crippen LogP contribution in [0.4, 0.5) is 0 Å². The van der Waals surface area contributed by atoms with E-state index < -0.39 is 16.5 Å². The van der Waals surface area contributed by atoms with Gasteiger partial charge in [0.25, 0.3) is 0 Å². The fraction of sp³-hybridized carbons (Fsp3) is 1.00. The molecular weight excluding hydrogens is 479 g/mol. The molecule has 0 aromatic heterocycles. The van der Waals surface area contributed by atoms with E-state index in [1.165, 1.54) is 64.2 Å².